The van der Waals surface area contributed by atoms with Crippen molar-refractivity contribution in [3.63, 3.8) is 0 Å². The molecule has 0 spiro atoms. The minimum Gasteiger partial charge on any atom is -0.294 e. The molecule has 14 heavy (non-hydrogen) atoms. The number of carbonyl (C=O) groups is 1. The van der Waals surface area contributed by atoms with Gasteiger partial charge in [-0.25, -0.2) is 13.2 Å². The normalized spacial score (nSPS) is 10.7. The zero-order valence-corrected chi connectivity index (χ0v) is 8.74. The van der Waals surface area contributed by atoms with Crippen LogP contribution in [0.1, 0.15) is 29.3 Å². The van der Waals surface area contributed by atoms with Gasteiger partial charge in [0.05, 0.1) is 10.0 Å². The highest BCUT2D eigenvalue weighted by Gasteiger charge is 2.19. The van der Waals surface area contributed by atoms with Gasteiger partial charge >= 0.3 is 0 Å². The van der Waals surface area contributed by atoms with Crippen molar-refractivity contribution in [3.8, 4) is 0 Å². The Morgan fingerprint density at radius 1 is 1.43 bits per heavy atom. The van der Waals surface area contributed by atoms with Crippen LogP contribution < -0.4 is 0 Å². The first-order valence-corrected chi connectivity index (χ1v) is 4.51. The van der Waals surface area contributed by atoms with Crippen molar-refractivity contribution in [2.45, 2.75) is 13.3 Å². The fourth-order valence-electron chi connectivity index (χ4n) is 1.00. The first kappa shape index (κ1) is 11.2. The van der Waals surface area contributed by atoms with E-state index in [0.29, 0.717) is 0 Å². The zero-order chi connectivity index (χ0) is 10.9. The highest BCUT2D eigenvalue weighted by atomic mass is 79.9. The van der Waals surface area contributed by atoms with Crippen LogP contribution in [0.2, 0.25) is 0 Å². The van der Waals surface area contributed by atoms with Crippen molar-refractivity contribution in [1.82, 2.24) is 0 Å². The van der Waals surface area contributed by atoms with E-state index >= 15 is 0 Å². The second kappa shape index (κ2) is 4.13. The Morgan fingerprint density at radius 2 is 2.00 bits per heavy atom. The summed E-state index contributed by atoms with van der Waals surface area (Å²) in [7, 11) is 0. The average Bonchev–Trinajstić information content (AvgIpc) is 2.08. The molecule has 0 saturated heterocycles. The SMILES string of the molecule is CC(=O)c1ccc(C(F)F)c(F)c1Br. The molecule has 0 radical (unpaired) electrons. The zero-order valence-electron chi connectivity index (χ0n) is 7.15. The summed E-state index contributed by atoms with van der Waals surface area (Å²) in [5.74, 6) is -1.45. The minimum absolute atomic E-state index is 0.0619. The summed E-state index contributed by atoms with van der Waals surface area (Å²) in [6, 6.07) is 2.10. The van der Waals surface area contributed by atoms with Gasteiger partial charge in [-0.05, 0) is 35.0 Å². The number of hydrogen-bond donors (Lipinski definition) is 0. The third-order valence-electron chi connectivity index (χ3n) is 1.73. The number of benzene rings is 1. The molecule has 0 heterocycles. The predicted octanol–water partition coefficient (Wildman–Crippen LogP) is 3.73. The van der Waals surface area contributed by atoms with Crippen LogP contribution in [0.15, 0.2) is 16.6 Å². The van der Waals surface area contributed by atoms with Crippen molar-refractivity contribution in [3.05, 3.63) is 33.5 Å². The molecule has 0 fully saturated rings. The van der Waals surface area contributed by atoms with Gasteiger partial charge in [0.25, 0.3) is 6.43 Å². The topological polar surface area (TPSA) is 17.1 Å². The lowest BCUT2D eigenvalue weighted by Crippen LogP contribution is -2.00. The third-order valence-corrected chi connectivity index (χ3v) is 2.50. The molecule has 1 rings (SSSR count). The van der Waals surface area contributed by atoms with Crippen molar-refractivity contribution < 1.29 is 18.0 Å². The molecule has 0 aliphatic heterocycles. The fourth-order valence-corrected chi connectivity index (χ4v) is 1.65. The van der Waals surface area contributed by atoms with E-state index in [1.54, 1.807) is 0 Å². The van der Waals surface area contributed by atoms with E-state index in [1.165, 1.54) is 13.0 Å². The summed E-state index contributed by atoms with van der Waals surface area (Å²) in [5, 5.41) is 0. The maximum atomic E-state index is 13.2. The van der Waals surface area contributed by atoms with Crippen LogP contribution in [-0.2, 0) is 0 Å². The van der Waals surface area contributed by atoms with Crippen LogP contribution in [0, 0.1) is 5.82 Å². The van der Waals surface area contributed by atoms with E-state index in [-0.39, 0.29) is 15.8 Å². The molecule has 0 atom stereocenters. The number of Topliss-reactive ketones (excluding diaryl/α,β-unsaturated/α-hetero) is 1. The highest BCUT2D eigenvalue weighted by molar-refractivity contribution is 9.10. The van der Waals surface area contributed by atoms with E-state index < -0.39 is 17.8 Å². The standard InChI is InChI=1S/C9H6BrF3O/c1-4(14)5-2-3-6(9(12)13)8(11)7(5)10/h2-3,9H,1H3. The van der Waals surface area contributed by atoms with Crippen LogP contribution in [-0.4, -0.2) is 5.78 Å². The van der Waals surface area contributed by atoms with E-state index in [4.69, 9.17) is 0 Å². The molecule has 0 aromatic heterocycles. The maximum Gasteiger partial charge on any atom is 0.266 e. The molecule has 1 nitrogen and oxygen atoms in total. The molecule has 76 valence electrons. The van der Waals surface area contributed by atoms with Crippen LogP contribution in [0.3, 0.4) is 0 Å². The number of carbonyl (C=O) groups excluding carboxylic acids is 1. The maximum absolute atomic E-state index is 13.2. The van der Waals surface area contributed by atoms with Gasteiger partial charge in [0.1, 0.15) is 5.82 Å². The molecule has 0 unspecified atom stereocenters. The van der Waals surface area contributed by atoms with Crippen molar-refractivity contribution >= 4 is 21.7 Å². The summed E-state index contributed by atoms with van der Waals surface area (Å²) < 4.78 is 37.4. The van der Waals surface area contributed by atoms with Gasteiger partial charge in [0.15, 0.2) is 5.78 Å². The number of ketones is 1. The lowest BCUT2D eigenvalue weighted by atomic mass is 10.1. The van der Waals surface area contributed by atoms with Gasteiger partial charge in [-0.1, -0.05) is 0 Å². The molecule has 0 amide bonds. The summed E-state index contributed by atoms with van der Waals surface area (Å²) in [6.07, 6.45) is -2.88. The molecule has 0 saturated carbocycles. The lowest BCUT2D eigenvalue weighted by Gasteiger charge is -2.06. The predicted molar refractivity (Wildman–Crippen MR) is 49.1 cm³/mol. The second-order valence-corrected chi connectivity index (χ2v) is 3.48. The monoisotopic (exact) mass is 266 g/mol. The quantitative estimate of drug-likeness (QED) is 0.746. The molecular weight excluding hydrogens is 261 g/mol. The van der Waals surface area contributed by atoms with E-state index in [9.17, 15) is 18.0 Å². The van der Waals surface area contributed by atoms with E-state index in [0.717, 1.165) is 6.07 Å². The Kier molecular flexibility index (Phi) is 3.31. The molecular formula is C9H6BrF3O. The largest absolute Gasteiger partial charge is 0.294 e. The Hall–Kier alpha value is -0.840. The molecule has 1 aromatic carbocycles. The Balaban J connectivity index is 3.33. The van der Waals surface area contributed by atoms with Crippen molar-refractivity contribution in [2.75, 3.05) is 0 Å². The Labute approximate surface area is 87.1 Å². The van der Waals surface area contributed by atoms with E-state index in [1.807, 2.05) is 0 Å². The van der Waals surface area contributed by atoms with Crippen LogP contribution >= 0.6 is 15.9 Å². The average molecular weight is 267 g/mol. The summed E-state index contributed by atoms with van der Waals surface area (Å²) in [4.78, 5) is 10.9. The second-order valence-electron chi connectivity index (χ2n) is 2.69. The summed E-state index contributed by atoms with van der Waals surface area (Å²) in [6.45, 7) is 1.24. The van der Waals surface area contributed by atoms with Gasteiger partial charge in [0.2, 0.25) is 0 Å². The fraction of sp³-hybridized carbons (Fsp3) is 0.222. The first-order valence-electron chi connectivity index (χ1n) is 3.72. The highest BCUT2D eigenvalue weighted by Crippen LogP contribution is 2.29. The van der Waals surface area contributed by atoms with Crippen LogP contribution in [0.4, 0.5) is 13.2 Å². The summed E-state index contributed by atoms with van der Waals surface area (Å²) >= 11 is 2.77. The number of alkyl halides is 2. The van der Waals surface area contributed by atoms with Gasteiger partial charge in [-0.3, -0.25) is 4.79 Å². The lowest BCUT2D eigenvalue weighted by molar-refractivity contribution is 0.101. The van der Waals surface area contributed by atoms with Crippen LogP contribution in [0.25, 0.3) is 0 Å². The number of rotatable bonds is 2. The van der Waals surface area contributed by atoms with Gasteiger partial charge in [0, 0.05) is 5.56 Å². The van der Waals surface area contributed by atoms with Gasteiger partial charge in [-0.2, -0.15) is 0 Å². The smallest absolute Gasteiger partial charge is 0.266 e. The van der Waals surface area contributed by atoms with Crippen molar-refractivity contribution in [2.24, 2.45) is 0 Å². The van der Waals surface area contributed by atoms with Gasteiger partial charge in [-0.15, -0.1) is 0 Å². The molecule has 0 N–H and O–H groups in total. The van der Waals surface area contributed by atoms with E-state index in [2.05, 4.69) is 15.9 Å². The summed E-state index contributed by atoms with van der Waals surface area (Å²) in [5.41, 5.74) is -0.645. The number of hydrogen-bond acceptors (Lipinski definition) is 1. The first-order chi connectivity index (χ1) is 6.45. The van der Waals surface area contributed by atoms with Gasteiger partial charge < -0.3 is 0 Å². The molecule has 0 bridgehead atoms. The Bertz CT molecular complexity index is 377. The minimum atomic E-state index is -2.88. The molecule has 5 heteroatoms. The number of halogens is 4. The van der Waals surface area contributed by atoms with Crippen molar-refractivity contribution in [1.29, 1.82) is 0 Å². The Morgan fingerprint density at radius 3 is 2.43 bits per heavy atom. The third kappa shape index (κ3) is 1.97. The molecule has 1 aromatic rings. The molecule has 0 aliphatic rings. The molecule has 0 aliphatic carbocycles. The van der Waals surface area contributed by atoms with Crippen LogP contribution in [0.5, 0.6) is 0 Å².